The van der Waals surface area contributed by atoms with Crippen LogP contribution in [0, 0.1) is 26.7 Å². The first kappa shape index (κ1) is 21.0. The summed E-state index contributed by atoms with van der Waals surface area (Å²) < 4.78 is 13.4. The van der Waals surface area contributed by atoms with Gasteiger partial charge in [-0.2, -0.15) is 0 Å². The van der Waals surface area contributed by atoms with Crippen LogP contribution in [0.5, 0.6) is 0 Å². The number of rotatable bonds is 2. The molecule has 0 unspecified atom stereocenters. The summed E-state index contributed by atoms with van der Waals surface area (Å²) in [6, 6.07) is 7.23. The van der Waals surface area contributed by atoms with Crippen molar-refractivity contribution < 1.29 is 13.6 Å². The van der Waals surface area contributed by atoms with Gasteiger partial charge in [-0.05, 0) is 61.9 Å². The maximum absolute atomic E-state index is 13.4. The first-order chi connectivity index (χ1) is 16.3. The van der Waals surface area contributed by atoms with Crippen molar-refractivity contribution in [2.24, 2.45) is 5.92 Å². The summed E-state index contributed by atoms with van der Waals surface area (Å²) in [5.41, 5.74) is 4.83. The van der Waals surface area contributed by atoms with Crippen molar-refractivity contribution in [1.29, 1.82) is 0 Å². The Morgan fingerprint density at radius 3 is 2.71 bits per heavy atom. The molecule has 2 aliphatic heterocycles. The normalized spacial score (nSPS) is 19.6. The van der Waals surface area contributed by atoms with Gasteiger partial charge in [-0.15, -0.1) is 0 Å². The van der Waals surface area contributed by atoms with Crippen molar-refractivity contribution in [3.63, 3.8) is 0 Å². The van der Waals surface area contributed by atoms with Crippen molar-refractivity contribution in [2.75, 3.05) is 13.1 Å². The van der Waals surface area contributed by atoms with Crippen LogP contribution in [0.2, 0.25) is 0 Å². The fourth-order valence-corrected chi connectivity index (χ4v) is 6.04. The Kier molecular flexibility index (Phi) is 4.59. The third-order valence-corrected chi connectivity index (χ3v) is 7.63. The van der Waals surface area contributed by atoms with E-state index in [0.29, 0.717) is 36.4 Å². The molecule has 1 amide bonds. The maximum Gasteiger partial charge on any atom is 0.340 e. The molecule has 1 fully saturated rings. The lowest BCUT2D eigenvalue weighted by Crippen LogP contribution is -2.49. The minimum absolute atomic E-state index is 0.0137. The maximum atomic E-state index is 13.4. The number of benzene rings is 1. The molecule has 1 saturated heterocycles. The van der Waals surface area contributed by atoms with Crippen LogP contribution in [0.15, 0.2) is 49.0 Å². The monoisotopic (exact) mass is 458 g/mol. The fraction of sp³-hybridized carbons (Fsp3) is 0.370. The Labute approximate surface area is 195 Å². The van der Waals surface area contributed by atoms with Gasteiger partial charge in [0.25, 0.3) is 5.56 Å². The summed E-state index contributed by atoms with van der Waals surface area (Å²) in [5, 5.41) is 1.76. The zero-order valence-electron chi connectivity index (χ0n) is 19.5. The van der Waals surface area contributed by atoms with Gasteiger partial charge in [0.05, 0.1) is 23.6 Å². The summed E-state index contributed by atoms with van der Waals surface area (Å²) in [6.45, 7) is 7.59. The minimum atomic E-state index is -0.477. The molecule has 0 aliphatic carbocycles. The number of aryl methyl sites for hydroxylation is 3. The quantitative estimate of drug-likeness (QED) is 0.427. The van der Waals surface area contributed by atoms with Gasteiger partial charge in [-0.25, -0.2) is 4.79 Å². The summed E-state index contributed by atoms with van der Waals surface area (Å²) in [6.07, 6.45) is 2.67. The molecule has 2 aliphatic rings. The van der Waals surface area contributed by atoms with E-state index in [1.54, 1.807) is 18.4 Å². The lowest BCUT2D eigenvalue weighted by Gasteiger charge is -2.42. The number of hydrogen-bond donors (Lipinski definition) is 0. The zero-order valence-corrected chi connectivity index (χ0v) is 19.5. The summed E-state index contributed by atoms with van der Waals surface area (Å²) >= 11 is 0. The number of likely N-dealkylation sites (tertiary alicyclic amines) is 1. The number of hydrogen-bond acceptors (Lipinski definition) is 5. The minimum Gasteiger partial charge on any atom is -0.463 e. The highest BCUT2D eigenvalue weighted by Crippen LogP contribution is 2.36. The second-order valence-corrected chi connectivity index (χ2v) is 9.86. The second kappa shape index (κ2) is 7.45. The Balaban J connectivity index is 1.35. The van der Waals surface area contributed by atoms with Crippen LogP contribution in [0.25, 0.3) is 21.9 Å². The van der Waals surface area contributed by atoms with E-state index >= 15 is 0 Å². The topological polar surface area (TPSA) is 85.7 Å². The molecule has 4 aromatic rings. The highest BCUT2D eigenvalue weighted by Gasteiger charge is 2.36. The number of amides is 1. The Bertz CT molecular complexity index is 1610. The summed E-state index contributed by atoms with van der Waals surface area (Å²) in [7, 11) is 0. The van der Waals surface area contributed by atoms with Gasteiger partial charge < -0.3 is 18.3 Å². The van der Waals surface area contributed by atoms with Crippen molar-refractivity contribution in [3.8, 4) is 0 Å². The highest BCUT2D eigenvalue weighted by atomic mass is 16.4. The highest BCUT2D eigenvalue weighted by molar-refractivity contribution is 6.07. The fourth-order valence-electron chi connectivity index (χ4n) is 6.04. The largest absolute Gasteiger partial charge is 0.463 e. The molecule has 6 rings (SSSR count). The Morgan fingerprint density at radius 2 is 1.88 bits per heavy atom. The molecule has 3 aromatic heterocycles. The third kappa shape index (κ3) is 3.06. The molecule has 174 valence electrons. The molecule has 0 radical (unpaired) electrons. The Hall–Kier alpha value is -3.61. The first-order valence-electron chi connectivity index (χ1n) is 11.7. The lowest BCUT2D eigenvalue weighted by atomic mass is 9.83. The number of piperidine rings is 1. The average Bonchev–Trinajstić information content (AvgIpc) is 3.19. The molecule has 2 atom stereocenters. The van der Waals surface area contributed by atoms with Gasteiger partial charge in [0.1, 0.15) is 11.2 Å². The molecule has 0 N–H and O–H groups in total. The van der Waals surface area contributed by atoms with Crippen LogP contribution in [-0.4, -0.2) is 28.5 Å². The molecular weight excluding hydrogens is 432 g/mol. The van der Waals surface area contributed by atoms with Gasteiger partial charge in [-0.3, -0.25) is 9.59 Å². The molecule has 5 heterocycles. The first-order valence-corrected chi connectivity index (χ1v) is 11.7. The van der Waals surface area contributed by atoms with Crippen LogP contribution in [-0.2, 0) is 17.8 Å². The third-order valence-electron chi connectivity index (χ3n) is 7.63. The van der Waals surface area contributed by atoms with Gasteiger partial charge in [0.2, 0.25) is 5.91 Å². The molecule has 7 heteroatoms. The van der Waals surface area contributed by atoms with E-state index < -0.39 is 5.63 Å². The number of aromatic nitrogens is 1. The van der Waals surface area contributed by atoms with Crippen molar-refractivity contribution >= 4 is 27.8 Å². The van der Waals surface area contributed by atoms with Crippen LogP contribution >= 0.6 is 0 Å². The second-order valence-electron chi connectivity index (χ2n) is 9.86. The van der Waals surface area contributed by atoms with Gasteiger partial charge in [0.15, 0.2) is 0 Å². The van der Waals surface area contributed by atoms with Crippen LogP contribution < -0.4 is 11.2 Å². The molecule has 0 saturated carbocycles. The standard InChI is InChI=1S/C27H26N2O5/c1-14-7-21-25(26-24(14)15(2)13-33-26)16(3)19(27(32)34-21)9-23(31)28-10-17-8-18(12-28)20-5-4-6-22(30)29(20)11-17/h4-7,13,17-18H,8-12H2,1-3H3/t17-,18-/m0/s1. The predicted molar refractivity (Wildman–Crippen MR) is 128 cm³/mol. The number of carbonyl (C=O) groups is 1. The number of furan rings is 1. The molecule has 7 nitrogen and oxygen atoms in total. The van der Waals surface area contributed by atoms with E-state index in [4.69, 9.17) is 8.83 Å². The van der Waals surface area contributed by atoms with Crippen molar-refractivity contribution in [2.45, 2.75) is 46.1 Å². The van der Waals surface area contributed by atoms with Crippen LogP contribution in [0.3, 0.4) is 0 Å². The van der Waals surface area contributed by atoms with E-state index in [1.165, 1.54) is 0 Å². The van der Waals surface area contributed by atoms with Gasteiger partial charge in [-0.1, -0.05) is 6.07 Å². The molecular formula is C27H26N2O5. The molecule has 0 spiro atoms. The molecule has 2 bridgehead atoms. The number of pyridine rings is 1. The van der Waals surface area contributed by atoms with Crippen molar-refractivity contribution in [1.82, 2.24) is 9.47 Å². The van der Waals surface area contributed by atoms with Crippen molar-refractivity contribution in [3.05, 3.63) is 79.3 Å². The lowest BCUT2D eigenvalue weighted by molar-refractivity contribution is -0.133. The number of carbonyl (C=O) groups excluding carboxylic acids is 1. The van der Waals surface area contributed by atoms with Crippen LogP contribution in [0.1, 0.15) is 40.3 Å². The van der Waals surface area contributed by atoms with Gasteiger partial charge >= 0.3 is 5.63 Å². The smallest absolute Gasteiger partial charge is 0.340 e. The SMILES string of the molecule is Cc1coc2c1c(C)cc1oc(=O)c(CC(=O)N3C[C@@H]4C[C@@H](C3)c3cccc(=O)n3C4)c(C)c12. The number of fused-ring (bicyclic) bond motifs is 7. The zero-order chi connectivity index (χ0) is 23.7. The average molecular weight is 459 g/mol. The van der Waals surface area contributed by atoms with E-state index in [0.717, 1.165) is 39.6 Å². The molecule has 34 heavy (non-hydrogen) atoms. The molecule has 1 aromatic carbocycles. The van der Waals surface area contributed by atoms with E-state index in [9.17, 15) is 14.4 Å². The van der Waals surface area contributed by atoms with E-state index in [-0.39, 0.29) is 29.7 Å². The van der Waals surface area contributed by atoms with Crippen LogP contribution in [0.4, 0.5) is 0 Å². The Morgan fingerprint density at radius 1 is 1.06 bits per heavy atom. The number of nitrogens with zero attached hydrogens (tertiary/aromatic N) is 2. The van der Waals surface area contributed by atoms with E-state index in [1.807, 2.05) is 42.4 Å². The predicted octanol–water partition coefficient (Wildman–Crippen LogP) is 3.81. The summed E-state index contributed by atoms with van der Waals surface area (Å²) in [5.74, 6) is 0.279. The summed E-state index contributed by atoms with van der Waals surface area (Å²) in [4.78, 5) is 40.4. The van der Waals surface area contributed by atoms with E-state index in [2.05, 4.69) is 0 Å². The van der Waals surface area contributed by atoms with Gasteiger partial charge in [0, 0.05) is 42.7 Å².